The van der Waals surface area contributed by atoms with E-state index in [-0.39, 0.29) is 24.6 Å². The second kappa shape index (κ2) is 7.67. The van der Waals surface area contributed by atoms with Gasteiger partial charge in [0.25, 0.3) is 0 Å². The number of fused-ring (bicyclic) bond motifs is 1. The van der Waals surface area contributed by atoms with Gasteiger partial charge >= 0.3 is 6.03 Å². The van der Waals surface area contributed by atoms with E-state index in [4.69, 9.17) is 14.2 Å². The summed E-state index contributed by atoms with van der Waals surface area (Å²) in [6.45, 7) is 1.15. The third kappa shape index (κ3) is 3.80. The van der Waals surface area contributed by atoms with Gasteiger partial charge in [-0.05, 0) is 36.4 Å². The summed E-state index contributed by atoms with van der Waals surface area (Å²) < 4.78 is 15.8. The Hall–Kier alpha value is -3.42. The largest absolute Gasteiger partial charge is 0.497 e. The number of urea groups is 1. The maximum Gasteiger partial charge on any atom is 0.319 e. The highest BCUT2D eigenvalue weighted by Gasteiger charge is 2.31. The number of methoxy groups -OCH3 is 1. The third-order valence-corrected chi connectivity index (χ3v) is 4.77. The first kappa shape index (κ1) is 18.0. The van der Waals surface area contributed by atoms with Crippen molar-refractivity contribution in [3.05, 3.63) is 42.5 Å². The number of carbonyl (C=O) groups excluding carboxylic acids is 2. The zero-order chi connectivity index (χ0) is 19.5. The van der Waals surface area contributed by atoms with Gasteiger partial charge in [0, 0.05) is 42.9 Å². The van der Waals surface area contributed by atoms with Gasteiger partial charge in [0.1, 0.15) is 5.75 Å². The number of ether oxygens (including phenoxy) is 3. The molecule has 2 aliphatic heterocycles. The van der Waals surface area contributed by atoms with Crippen molar-refractivity contribution in [2.45, 2.75) is 6.42 Å². The first-order valence-corrected chi connectivity index (χ1v) is 9.01. The lowest BCUT2D eigenvalue weighted by atomic mass is 10.1. The highest BCUT2D eigenvalue weighted by Crippen LogP contribution is 2.37. The summed E-state index contributed by atoms with van der Waals surface area (Å²) in [5.41, 5.74) is 1.45. The van der Waals surface area contributed by atoms with Gasteiger partial charge in [-0.2, -0.15) is 0 Å². The fourth-order valence-electron chi connectivity index (χ4n) is 3.31. The van der Waals surface area contributed by atoms with Crippen LogP contribution >= 0.6 is 0 Å². The van der Waals surface area contributed by atoms with Crippen LogP contribution in [0.1, 0.15) is 6.42 Å². The fraction of sp³-hybridized carbons (Fsp3) is 0.300. The van der Waals surface area contributed by atoms with Gasteiger partial charge < -0.3 is 29.7 Å². The predicted octanol–water partition coefficient (Wildman–Crippen LogP) is 2.60. The van der Waals surface area contributed by atoms with Gasteiger partial charge in [-0.15, -0.1) is 0 Å². The van der Waals surface area contributed by atoms with Gasteiger partial charge in [0.15, 0.2) is 11.5 Å². The lowest BCUT2D eigenvalue weighted by Crippen LogP contribution is -2.34. The van der Waals surface area contributed by atoms with E-state index in [0.29, 0.717) is 36.7 Å². The van der Waals surface area contributed by atoms with Gasteiger partial charge in [-0.3, -0.25) is 4.79 Å². The molecule has 1 fully saturated rings. The number of amides is 3. The molecule has 3 amide bonds. The van der Waals surface area contributed by atoms with E-state index >= 15 is 0 Å². The monoisotopic (exact) mass is 383 g/mol. The lowest BCUT2D eigenvalue weighted by molar-refractivity contribution is -0.117. The molecule has 0 aliphatic carbocycles. The Balaban J connectivity index is 1.30. The van der Waals surface area contributed by atoms with E-state index < -0.39 is 0 Å². The van der Waals surface area contributed by atoms with Crippen molar-refractivity contribution in [2.75, 3.05) is 37.2 Å². The minimum absolute atomic E-state index is 0.0289. The number of nitrogens with zero attached hydrogens (tertiary/aromatic N) is 1. The zero-order valence-electron chi connectivity index (χ0n) is 15.4. The van der Waals surface area contributed by atoms with E-state index in [1.807, 2.05) is 12.1 Å². The van der Waals surface area contributed by atoms with Crippen LogP contribution in [-0.4, -0.2) is 38.9 Å². The van der Waals surface area contributed by atoms with Crippen molar-refractivity contribution in [1.29, 1.82) is 0 Å². The summed E-state index contributed by atoms with van der Waals surface area (Å²) in [4.78, 5) is 26.2. The third-order valence-electron chi connectivity index (χ3n) is 4.77. The molecule has 2 heterocycles. The van der Waals surface area contributed by atoms with E-state index in [1.54, 1.807) is 42.3 Å². The van der Waals surface area contributed by atoms with E-state index in [9.17, 15) is 9.59 Å². The number of benzene rings is 2. The zero-order valence-corrected chi connectivity index (χ0v) is 15.4. The summed E-state index contributed by atoms with van der Waals surface area (Å²) in [5, 5.41) is 5.60. The molecule has 2 N–H and O–H groups in total. The van der Waals surface area contributed by atoms with Crippen molar-refractivity contribution in [1.82, 2.24) is 5.32 Å². The molecular weight excluding hydrogens is 362 g/mol. The van der Waals surface area contributed by atoms with Crippen LogP contribution in [0, 0.1) is 5.92 Å². The van der Waals surface area contributed by atoms with Crippen molar-refractivity contribution >= 4 is 23.3 Å². The molecular formula is C20H21N3O5. The summed E-state index contributed by atoms with van der Waals surface area (Å²) >= 11 is 0. The minimum atomic E-state index is -0.306. The molecule has 0 aromatic heterocycles. The molecule has 0 unspecified atom stereocenters. The molecule has 1 atom stereocenters. The normalized spacial score (nSPS) is 17.5. The maximum atomic E-state index is 12.4. The lowest BCUT2D eigenvalue weighted by Gasteiger charge is -2.17. The topological polar surface area (TPSA) is 89.1 Å². The highest BCUT2D eigenvalue weighted by atomic mass is 16.7. The van der Waals surface area contributed by atoms with Gasteiger partial charge in [0.05, 0.1) is 7.11 Å². The summed E-state index contributed by atoms with van der Waals surface area (Å²) in [7, 11) is 1.59. The smallest absolute Gasteiger partial charge is 0.319 e. The van der Waals surface area contributed by atoms with Crippen molar-refractivity contribution in [2.24, 2.45) is 5.92 Å². The van der Waals surface area contributed by atoms with Crippen molar-refractivity contribution in [3.8, 4) is 17.2 Å². The second-order valence-corrected chi connectivity index (χ2v) is 6.68. The molecule has 0 saturated carbocycles. The van der Waals surface area contributed by atoms with Crippen LogP contribution in [0.2, 0.25) is 0 Å². The number of nitrogens with one attached hydrogen (secondary N) is 2. The molecule has 0 spiro atoms. The molecule has 0 radical (unpaired) electrons. The predicted molar refractivity (Wildman–Crippen MR) is 103 cm³/mol. The number of hydrogen-bond acceptors (Lipinski definition) is 5. The fourth-order valence-corrected chi connectivity index (χ4v) is 3.31. The number of anilines is 2. The summed E-state index contributed by atoms with van der Waals surface area (Å²) in [6.07, 6.45) is 0.386. The Labute approximate surface area is 162 Å². The Morgan fingerprint density at radius 1 is 1.18 bits per heavy atom. The summed E-state index contributed by atoms with van der Waals surface area (Å²) in [6, 6.07) is 12.2. The van der Waals surface area contributed by atoms with Gasteiger partial charge in [-0.1, -0.05) is 0 Å². The molecule has 2 aliphatic rings. The molecule has 0 bridgehead atoms. The van der Waals surface area contributed by atoms with Crippen molar-refractivity contribution in [3.63, 3.8) is 0 Å². The molecule has 4 rings (SSSR count). The average Bonchev–Trinajstić information content (AvgIpc) is 3.32. The van der Waals surface area contributed by atoms with Crippen LogP contribution in [0.4, 0.5) is 16.2 Å². The SMILES string of the molecule is COc1ccc(NC(=O)NC[C@@H]2CC(=O)N(c3ccc4c(c3)OCO4)C2)cc1. The average molecular weight is 383 g/mol. The van der Waals surface area contributed by atoms with Crippen LogP contribution in [-0.2, 0) is 4.79 Å². The van der Waals surface area contributed by atoms with E-state index in [0.717, 1.165) is 11.4 Å². The Morgan fingerprint density at radius 2 is 1.96 bits per heavy atom. The number of rotatable bonds is 5. The number of hydrogen-bond donors (Lipinski definition) is 2. The van der Waals surface area contributed by atoms with Crippen LogP contribution < -0.4 is 29.7 Å². The minimum Gasteiger partial charge on any atom is -0.497 e. The Morgan fingerprint density at radius 3 is 2.75 bits per heavy atom. The molecule has 2 aromatic carbocycles. The van der Waals surface area contributed by atoms with E-state index in [1.165, 1.54) is 0 Å². The molecule has 1 saturated heterocycles. The van der Waals surface area contributed by atoms with Crippen LogP contribution in [0.25, 0.3) is 0 Å². The molecule has 28 heavy (non-hydrogen) atoms. The van der Waals surface area contributed by atoms with Crippen LogP contribution in [0.15, 0.2) is 42.5 Å². The molecule has 8 nitrogen and oxygen atoms in total. The standard InChI is InChI=1S/C20H21N3O5/c1-26-16-5-2-14(3-6-16)22-20(25)21-10-13-8-19(24)23(11-13)15-4-7-17-18(9-15)28-12-27-17/h2-7,9,13H,8,10-12H2,1H3,(H2,21,22,25)/t13-/m0/s1. The number of carbonyl (C=O) groups is 2. The Kier molecular flexibility index (Phi) is 4.92. The van der Waals surface area contributed by atoms with Crippen LogP contribution in [0.5, 0.6) is 17.2 Å². The van der Waals surface area contributed by atoms with E-state index in [2.05, 4.69) is 10.6 Å². The second-order valence-electron chi connectivity index (χ2n) is 6.68. The van der Waals surface area contributed by atoms with Gasteiger partial charge in [0.2, 0.25) is 12.7 Å². The molecule has 8 heteroatoms. The van der Waals surface area contributed by atoms with Crippen molar-refractivity contribution < 1.29 is 23.8 Å². The highest BCUT2D eigenvalue weighted by molar-refractivity contribution is 5.96. The molecule has 2 aromatic rings. The first-order chi connectivity index (χ1) is 13.6. The summed E-state index contributed by atoms with van der Waals surface area (Å²) in [5.74, 6) is 2.12. The van der Waals surface area contributed by atoms with Gasteiger partial charge in [-0.25, -0.2) is 4.79 Å². The van der Waals surface area contributed by atoms with Crippen LogP contribution in [0.3, 0.4) is 0 Å². The maximum absolute atomic E-state index is 12.4. The Bertz CT molecular complexity index is 884. The molecule has 146 valence electrons. The first-order valence-electron chi connectivity index (χ1n) is 9.01. The quantitative estimate of drug-likeness (QED) is 0.829.